The molecule has 0 spiro atoms. The quantitative estimate of drug-likeness (QED) is 0.821. The second kappa shape index (κ2) is 7.48. The summed E-state index contributed by atoms with van der Waals surface area (Å²) in [5, 5.41) is 1.12. The number of nitrogens with one attached hydrogen (secondary N) is 1. The van der Waals surface area contributed by atoms with Crippen molar-refractivity contribution in [3.05, 3.63) is 29.3 Å². The number of rotatable bonds is 4. The number of hydrogen-bond donors (Lipinski definition) is 1. The molecule has 4 rings (SSSR count). The summed E-state index contributed by atoms with van der Waals surface area (Å²) in [5.41, 5.74) is 1.03. The van der Waals surface area contributed by atoms with Gasteiger partial charge in [-0.3, -0.25) is 4.79 Å². The van der Waals surface area contributed by atoms with E-state index in [0.29, 0.717) is 13.0 Å². The van der Waals surface area contributed by atoms with Gasteiger partial charge in [0, 0.05) is 19.5 Å². The molecule has 1 aromatic carbocycles. The molecule has 2 aliphatic heterocycles. The number of amides is 1. The van der Waals surface area contributed by atoms with Crippen molar-refractivity contribution < 1.29 is 18.1 Å². The fourth-order valence-electron chi connectivity index (χ4n) is 4.23. The summed E-state index contributed by atoms with van der Waals surface area (Å²) in [5.74, 6) is 0.339. The molecule has 0 saturated carbocycles. The summed E-state index contributed by atoms with van der Waals surface area (Å²) in [6.07, 6.45) is 3.88. The standard InChI is InChI=1S/C19H25N3O3S2/c1-21(14-9-11-27(24,25)13-14)18(23)12-22-10-5-4-7-16(22)19-20-15-6-2-3-8-17(15)26-19/h2-3,6,8,14,16H,4-5,7,9-13H2,1H3/p+1/t14-,16+/m0/s1. The molecule has 6 nitrogen and oxygen atoms in total. The van der Waals surface area contributed by atoms with Crippen LogP contribution in [0.5, 0.6) is 0 Å². The van der Waals surface area contributed by atoms with Crippen LogP contribution in [0, 0.1) is 0 Å². The second-order valence-corrected chi connectivity index (χ2v) is 11.0. The smallest absolute Gasteiger partial charge is 0.277 e. The average molecular weight is 409 g/mol. The molecule has 0 radical (unpaired) electrons. The van der Waals surface area contributed by atoms with Crippen LogP contribution in [-0.2, 0) is 14.6 Å². The Kier molecular flexibility index (Phi) is 5.22. The van der Waals surface area contributed by atoms with E-state index in [1.165, 1.54) is 9.60 Å². The predicted molar refractivity (Wildman–Crippen MR) is 107 cm³/mol. The van der Waals surface area contributed by atoms with Gasteiger partial charge in [-0.25, -0.2) is 13.4 Å². The van der Waals surface area contributed by atoms with Crippen molar-refractivity contribution in [1.82, 2.24) is 9.88 Å². The highest BCUT2D eigenvalue weighted by atomic mass is 32.2. The number of fused-ring (bicyclic) bond motifs is 1. The largest absolute Gasteiger partial charge is 0.337 e. The minimum atomic E-state index is -2.98. The number of quaternary nitrogens is 1. The zero-order valence-corrected chi connectivity index (χ0v) is 17.2. The number of thiazole rings is 1. The molecule has 2 aromatic rings. The number of piperidine rings is 1. The van der Waals surface area contributed by atoms with Crippen molar-refractivity contribution in [3.63, 3.8) is 0 Å². The van der Waals surface area contributed by atoms with Crippen LogP contribution in [-0.4, -0.2) is 61.9 Å². The summed E-state index contributed by atoms with van der Waals surface area (Å²) >= 11 is 1.73. The minimum absolute atomic E-state index is 0.0418. The summed E-state index contributed by atoms with van der Waals surface area (Å²) in [6, 6.07) is 8.25. The number of hydrogen-bond acceptors (Lipinski definition) is 5. The van der Waals surface area contributed by atoms with E-state index in [1.54, 1.807) is 23.3 Å². The number of likely N-dealkylation sites (tertiary alicyclic amines) is 1. The zero-order valence-electron chi connectivity index (χ0n) is 15.6. The third-order valence-electron chi connectivity index (χ3n) is 5.87. The Bertz CT molecular complexity index is 908. The highest BCUT2D eigenvalue weighted by molar-refractivity contribution is 7.91. The number of nitrogens with zero attached hydrogens (tertiary/aromatic N) is 2. The van der Waals surface area contributed by atoms with Gasteiger partial charge in [0.2, 0.25) is 0 Å². The Morgan fingerprint density at radius 3 is 2.85 bits per heavy atom. The van der Waals surface area contributed by atoms with Crippen LogP contribution in [0.3, 0.4) is 0 Å². The van der Waals surface area contributed by atoms with Crippen LogP contribution in [0.2, 0.25) is 0 Å². The van der Waals surface area contributed by atoms with E-state index in [1.807, 2.05) is 18.2 Å². The molecule has 3 atom stereocenters. The number of para-hydroxylation sites is 1. The highest BCUT2D eigenvalue weighted by Gasteiger charge is 2.36. The molecule has 2 aliphatic rings. The van der Waals surface area contributed by atoms with E-state index in [2.05, 4.69) is 6.07 Å². The normalized spacial score (nSPS) is 27.7. The monoisotopic (exact) mass is 408 g/mol. The van der Waals surface area contributed by atoms with E-state index in [4.69, 9.17) is 4.98 Å². The molecule has 146 valence electrons. The van der Waals surface area contributed by atoms with Crippen molar-refractivity contribution in [3.8, 4) is 0 Å². The lowest BCUT2D eigenvalue weighted by atomic mass is 10.0. The third-order valence-corrected chi connectivity index (χ3v) is 8.77. The molecule has 1 amide bonds. The van der Waals surface area contributed by atoms with Gasteiger partial charge in [0.15, 0.2) is 21.4 Å². The van der Waals surface area contributed by atoms with Crippen LogP contribution in [0.4, 0.5) is 0 Å². The molecular weight excluding hydrogens is 382 g/mol. The number of carbonyl (C=O) groups excluding carboxylic acids is 1. The second-order valence-electron chi connectivity index (χ2n) is 7.71. The Morgan fingerprint density at radius 2 is 2.11 bits per heavy atom. The van der Waals surface area contributed by atoms with Crippen molar-refractivity contribution >= 4 is 37.3 Å². The van der Waals surface area contributed by atoms with Gasteiger partial charge in [-0.2, -0.15) is 0 Å². The maximum absolute atomic E-state index is 12.9. The molecule has 2 saturated heterocycles. The van der Waals surface area contributed by atoms with E-state index in [9.17, 15) is 13.2 Å². The first-order valence-corrected chi connectivity index (χ1v) is 12.2. The van der Waals surface area contributed by atoms with Crippen molar-refractivity contribution in [2.45, 2.75) is 37.8 Å². The number of likely N-dealkylation sites (N-methyl/N-ethyl adjacent to an activating group) is 1. The molecule has 3 heterocycles. The molecular formula is C19H26N3O3S2+. The predicted octanol–water partition coefficient (Wildman–Crippen LogP) is 1.05. The van der Waals surface area contributed by atoms with Gasteiger partial charge in [0.1, 0.15) is 6.04 Å². The van der Waals surface area contributed by atoms with Crippen LogP contribution >= 0.6 is 11.3 Å². The van der Waals surface area contributed by atoms with Gasteiger partial charge in [-0.1, -0.05) is 12.1 Å². The Hall–Kier alpha value is -1.51. The molecule has 1 N–H and O–H groups in total. The van der Waals surface area contributed by atoms with Gasteiger partial charge in [0.25, 0.3) is 5.91 Å². The van der Waals surface area contributed by atoms with Crippen LogP contribution in [0.15, 0.2) is 24.3 Å². The molecule has 1 unspecified atom stereocenters. The van der Waals surface area contributed by atoms with Gasteiger partial charge in [-0.15, -0.1) is 11.3 Å². The Morgan fingerprint density at radius 1 is 1.30 bits per heavy atom. The summed E-state index contributed by atoms with van der Waals surface area (Å²) in [6.45, 7) is 1.37. The van der Waals surface area contributed by atoms with Crippen molar-refractivity contribution in [2.24, 2.45) is 0 Å². The first-order valence-electron chi connectivity index (χ1n) is 9.59. The molecule has 27 heavy (non-hydrogen) atoms. The lowest BCUT2D eigenvalue weighted by Gasteiger charge is -2.33. The Balaban J connectivity index is 1.48. The zero-order chi connectivity index (χ0) is 19.0. The fourth-order valence-corrected chi connectivity index (χ4v) is 7.17. The summed E-state index contributed by atoms with van der Waals surface area (Å²) in [4.78, 5) is 20.6. The summed E-state index contributed by atoms with van der Waals surface area (Å²) in [7, 11) is -1.23. The van der Waals surface area contributed by atoms with Crippen molar-refractivity contribution in [1.29, 1.82) is 0 Å². The maximum Gasteiger partial charge on any atom is 0.277 e. The lowest BCUT2D eigenvalue weighted by molar-refractivity contribution is -0.929. The van der Waals surface area contributed by atoms with Gasteiger partial charge in [-0.05, 0) is 31.4 Å². The SMILES string of the molecule is CN(C(=O)C[NH+]1CCCC[C@@H]1c1nc2ccccc2s1)[C@H]1CCS(=O)(=O)C1. The average Bonchev–Trinajstić information content (AvgIpc) is 3.24. The van der Waals surface area contributed by atoms with Crippen LogP contribution in [0.1, 0.15) is 36.7 Å². The third kappa shape index (κ3) is 4.02. The van der Waals surface area contributed by atoms with Gasteiger partial charge in [0.05, 0.1) is 28.3 Å². The van der Waals surface area contributed by atoms with Crippen LogP contribution < -0.4 is 4.90 Å². The van der Waals surface area contributed by atoms with E-state index >= 15 is 0 Å². The first-order chi connectivity index (χ1) is 12.9. The number of aromatic nitrogens is 1. The molecule has 8 heteroatoms. The number of benzene rings is 1. The number of sulfone groups is 1. The maximum atomic E-state index is 12.9. The highest BCUT2D eigenvalue weighted by Crippen LogP contribution is 2.28. The summed E-state index contributed by atoms with van der Waals surface area (Å²) < 4.78 is 24.7. The fraction of sp³-hybridized carbons (Fsp3) is 0.579. The van der Waals surface area contributed by atoms with E-state index < -0.39 is 9.84 Å². The molecule has 0 aliphatic carbocycles. The minimum Gasteiger partial charge on any atom is -0.337 e. The topological polar surface area (TPSA) is 71.8 Å². The molecule has 1 aromatic heterocycles. The van der Waals surface area contributed by atoms with Crippen molar-refractivity contribution in [2.75, 3.05) is 31.6 Å². The molecule has 2 fully saturated rings. The lowest BCUT2D eigenvalue weighted by Crippen LogP contribution is -3.14. The van der Waals surface area contributed by atoms with Gasteiger partial charge >= 0.3 is 0 Å². The Labute approximate surface area is 164 Å². The van der Waals surface area contributed by atoms with Crippen LogP contribution in [0.25, 0.3) is 10.2 Å². The van der Waals surface area contributed by atoms with Gasteiger partial charge < -0.3 is 9.80 Å². The first kappa shape index (κ1) is 18.8. The van der Waals surface area contributed by atoms with E-state index in [-0.39, 0.29) is 29.5 Å². The number of carbonyl (C=O) groups is 1. The molecule has 0 bridgehead atoms. The van der Waals surface area contributed by atoms with E-state index in [0.717, 1.165) is 36.3 Å².